The van der Waals surface area contributed by atoms with Crippen molar-refractivity contribution in [3.63, 3.8) is 0 Å². The molecule has 0 aliphatic carbocycles. The van der Waals surface area contributed by atoms with Gasteiger partial charge in [-0.1, -0.05) is 12.1 Å². The highest BCUT2D eigenvalue weighted by Crippen LogP contribution is 2.27. The highest BCUT2D eigenvalue weighted by Gasteiger charge is 2.37. The zero-order valence-corrected chi connectivity index (χ0v) is 20.6. The summed E-state index contributed by atoms with van der Waals surface area (Å²) in [5.74, 6) is -1.10. The van der Waals surface area contributed by atoms with Crippen molar-refractivity contribution < 1.29 is 23.5 Å². The molecule has 0 radical (unpaired) electrons. The maximum atomic E-state index is 13.2. The number of carbonyl (C=O) groups is 3. The van der Waals surface area contributed by atoms with Crippen molar-refractivity contribution in [2.75, 3.05) is 4.90 Å². The van der Waals surface area contributed by atoms with Crippen molar-refractivity contribution in [3.8, 4) is 11.4 Å². The summed E-state index contributed by atoms with van der Waals surface area (Å²) in [6.07, 6.45) is 4.42. The van der Waals surface area contributed by atoms with Crippen molar-refractivity contribution in [1.82, 2.24) is 14.9 Å². The van der Waals surface area contributed by atoms with E-state index >= 15 is 0 Å². The number of halogens is 1. The fourth-order valence-electron chi connectivity index (χ4n) is 4.31. The molecule has 5 rings (SSSR count). The van der Waals surface area contributed by atoms with E-state index in [1.54, 1.807) is 12.1 Å². The van der Waals surface area contributed by atoms with Gasteiger partial charge in [0.15, 0.2) is 0 Å². The van der Waals surface area contributed by atoms with Gasteiger partial charge in [-0.05, 0) is 85.6 Å². The molecule has 3 heterocycles. The molecule has 4 aromatic rings. The molecule has 2 aromatic carbocycles. The number of rotatable bonds is 6. The van der Waals surface area contributed by atoms with Gasteiger partial charge in [0.25, 0.3) is 11.8 Å². The van der Waals surface area contributed by atoms with Crippen molar-refractivity contribution in [2.45, 2.75) is 20.5 Å². The van der Waals surface area contributed by atoms with E-state index < -0.39 is 17.8 Å². The van der Waals surface area contributed by atoms with E-state index in [1.807, 2.05) is 48.7 Å². The smallest absolute Gasteiger partial charge is 0.335 e. The van der Waals surface area contributed by atoms with Gasteiger partial charge in [0, 0.05) is 29.5 Å². The lowest BCUT2D eigenvalue weighted by molar-refractivity contribution is -0.122. The van der Waals surface area contributed by atoms with Crippen molar-refractivity contribution in [3.05, 3.63) is 113 Å². The molecule has 2 aromatic heterocycles. The average molecular weight is 511 g/mol. The van der Waals surface area contributed by atoms with Crippen molar-refractivity contribution >= 4 is 29.6 Å². The Morgan fingerprint density at radius 2 is 1.61 bits per heavy atom. The first kappa shape index (κ1) is 24.6. The summed E-state index contributed by atoms with van der Waals surface area (Å²) in [4.78, 5) is 43.0. The van der Waals surface area contributed by atoms with Gasteiger partial charge in [0.2, 0.25) is 0 Å². The van der Waals surface area contributed by atoms with E-state index in [0.29, 0.717) is 23.6 Å². The topological polar surface area (TPSA) is 93.5 Å². The summed E-state index contributed by atoms with van der Waals surface area (Å²) in [5, 5.41) is 2.23. The predicted molar refractivity (Wildman–Crippen MR) is 139 cm³/mol. The molecule has 38 heavy (non-hydrogen) atoms. The third-order valence-corrected chi connectivity index (χ3v) is 6.21. The molecule has 9 heteroatoms. The minimum atomic E-state index is -0.810. The largest absolute Gasteiger partial charge is 0.489 e. The van der Waals surface area contributed by atoms with Gasteiger partial charge in [-0.2, -0.15) is 0 Å². The number of ether oxygens (including phenoxy) is 1. The zero-order valence-electron chi connectivity index (χ0n) is 20.6. The maximum absolute atomic E-state index is 13.2. The van der Waals surface area contributed by atoms with E-state index in [0.717, 1.165) is 27.5 Å². The number of hydrogen-bond donors (Lipinski definition) is 1. The lowest BCUT2D eigenvalue weighted by Crippen LogP contribution is -2.54. The number of imide groups is 2. The molecule has 1 fully saturated rings. The van der Waals surface area contributed by atoms with Gasteiger partial charge in [0.05, 0.1) is 5.69 Å². The van der Waals surface area contributed by atoms with E-state index in [-0.39, 0.29) is 11.4 Å². The monoisotopic (exact) mass is 510 g/mol. The molecule has 1 aliphatic rings. The molecule has 0 atom stereocenters. The molecule has 0 spiro atoms. The predicted octanol–water partition coefficient (Wildman–Crippen LogP) is 4.87. The maximum Gasteiger partial charge on any atom is 0.335 e. The highest BCUT2D eigenvalue weighted by atomic mass is 19.1. The van der Waals surface area contributed by atoms with E-state index in [1.165, 1.54) is 42.7 Å². The fraction of sp³-hybridized carbons (Fsp3) is 0.103. The summed E-state index contributed by atoms with van der Waals surface area (Å²) < 4.78 is 20.9. The first-order chi connectivity index (χ1) is 18.3. The third kappa shape index (κ3) is 4.81. The molecule has 1 saturated heterocycles. The molecule has 4 amide bonds. The van der Waals surface area contributed by atoms with E-state index in [2.05, 4.69) is 10.3 Å². The first-order valence-corrected chi connectivity index (χ1v) is 11.8. The molecule has 190 valence electrons. The summed E-state index contributed by atoms with van der Waals surface area (Å²) in [5.41, 5.74) is 4.26. The number of nitrogens with zero attached hydrogens (tertiary/aromatic N) is 3. The Balaban J connectivity index is 1.39. The molecule has 0 unspecified atom stereocenters. The highest BCUT2D eigenvalue weighted by molar-refractivity contribution is 6.39. The Labute approximate surface area is 218 Å². The van der Waals surface area contributed by atoms with Gasteiger partial charge in [0.1, 0.15) is 23.7 Å². The molecule has 1 N–H and O–H groups in total. The first-order valence-electron chi connectivity index (χ1n) is 11.8. The fourth-order valence-corrected chi connectivity index (χ4v) is 4.31. The second kappa shape index (κ2) is 10.1. The van der Waals surface area contributed by atoms with Crippen LogP contribution in [0.4, 0.5) is 14.9 Å². The number of amides is 4. The van der Waals surface area contributed by atoms with Crippen LogP contribution in [0, 0.1) is 19.7 Å². The standard InChI is InChI=1S/C29H23FN4O4/c1-18-15-21(16-26-27(35)32-29(37)34(28(26)36)24-11-13-31-14-12-24)19(2)33(18)23-7-9-25(10-8-23)38-17-20-3-5-22(30)6-4-20/h3-16H,17H2,1-2H3,(H,32,35,37)/b26-16+. The second-order valence-electron chi connectivity index (χ2n) is 8.73. The van der Waals surface area contributed by atoms with Crippen LogP contribution >= 0.6 is 0 Å². The Morgan fingerprint density at radius 3 is 2.29 bits per heavy atom. The number of aromatic nitrogens is 2. The quantitative estimate of drug-likeness (QED) is 0.295. The molecular weight excluding hydrogens is 487 g/mol. The van der Waals surface area contributed by atoms with Crippen LogP contribution in [-0.4, -0.2) is 27.4 Å². The zero-order chi connectivity index (χ0) is 26.8. The number of anilines is 1. The van der Waals surface area contributed by atoms with Crippen molar-refractivity contribution in [1.29, 1.82) is 0 Å². The van der Waals surface area contributed by atoms with Gasteiger partial charge in [-0.15, -0.1) is 0 Å². The number of nitrogens with one attached hydrogen (secondary N) is 1. The van der Waals surface area contributed by atoms with Crippen LogP contribution in [0.2, 0.25) is 0 Å². The second-order valence-corrected chi connectivity index (χ2v) is 8.73. The van der Waals surface area contributed by atoms with Gasteiger partial charge >= 0.3 is 6.03 Å². The third-order valence-electron chi connectivity index (χ3n) is 6.21. The van der Waals surface area contributed by atoms with Crippen LogP contribution in [0.3, 0.4) is 0 Å². The molecule has 1 aliphatic heterocycles. The lowest BCUT2D eigenvalue weighted by atomic mass is 10.1. The van der Waals surface area contributed by atoms with Gasteiger partial charge < -0.3 is 9.30 Å². The Bertz CT molecular complexity index is 1560. The SMILES string of the molecule is Cc1cc(/C=C2\C(=O)NC(=O)N(c3ccncc3)C2=O)c(C)n1-c1ccc(OCc2ccc(F)cc2)cc1. The summed E-state index contributed by atoms with van der Waals surface area (Å²) in [7, 11) is 0. The molecule has 0 bridgehead atoms. The van der Waals surface area contributed by atoms with Crippen LogP contribution in [0.15, 0.2) is 84.7 Å². The van der Waals surface area contributed by atoms with E-state index in [4.69, 9.17) is 4.74 Å². The normalized spacial score (nSPS) is 14.7. The minimum Gasteiger partial charge on any atom is -0.489 e. The number of barbiturate groups is 1. The number of pyridine rings is 1. The Hall–Kier alpha value is -5.05. The summed E-state index contributed by atoms with van der Waals surface area (Å²) in [6.45, 7) is 4.12. The van der Waals surface area contributed by atoms with Gasteiger partial charge in [-0.25, -0.2) is 14.1 Å². The Kier molecular flexibility index (Phi) is 6.57. The van der Waals surface area contributed by atoms with Gasteiger partial charge in [-0.3, -0.25) is 19.9 Å². The van der Waals surface area contributed by atoms with Crippen LogP contribution in [0.25, 0.3) is 11.8 Å². The van der Waals surface area contributed by atoms with Crippen LogP contribution in [-0.2, 0) is 16.2 Å². The number of aryl methyl sites for hydroxylation is 1. The summed E-state index contributed by atoms with van der Waals surface area (Å²) in [6, 6.07) is 17.7. The Morgan fingerprint density at radius 1 is 0.921 bits per heavy atom. The molecule has 8 nitrogen and oxygen atoms in total. The molecule has 0 saturated carbocycles. The van der Waals surface area contributed by atoms with Crippen LogP contribution < -0.4 is 15.0 Å². The average Bonchev–Trinajstić information content (AvgIpc) is 3.19. The summed E-state index contributed by atoms with van der Waals surface area (Å²) >= 11 is 0. The van der Waals surface area contributed by atoms with Crippen LogP contribution in [0.1, 0.15) is 22.5 Å². The van der Waals surface area contributed by atoms with Crippen LogP contribution in [0.5, 0.6) is 5.75 Å². The lowest BCUT2D eigenvalue weighted by Gasteiger charge is -2.26. The van der Waals surface area contributed by atoms with E-state index in [9.17, 15) is 18.8 Å². The number of hydrogen-bond acceptors (Lipinski definition) is 5. The number of urea groups is 1. The number of carbonyl (C=O) groups excluding carboxylic acids is 3. The number of benzene rings is 2. The molecular formula is C29H23FN4O4. The minimum absolute atomic E-state index is 0.147. The van der Waals surface area contributed by atoms with Crippen molar-refractivity contribution in [2.24, 2.45) is 0 Å².